The van der Waals surface area contributed by atoms with Gasteiger partial charge in [0, 0.05) is 17.4 Å². The zero-order chi connectivity index (χ0) is 15.9. The molecular weight excluding hydrogens is 286 g/mol. The summed E-state index contributed by atoms with van der Waals surface area (Å²) < 4.78 is -0.0397. The predicted molar refractivity (Wildman–Crippen MR) is 86.3 cm³/mol. The quantitative estimate of drug-likeness (QED) is 0.774. The number of hydrogen-bond acceptors (Lipinski definition) is 3. The molecule has 0 bridgehead atoms. The van der Waals surface area contributed by atoms with E-state index in [1.807, 2.05) is 18.2 Å². The molecule has 0 aromatic heterocycles. The Bertz CT molecular complexity index is 474. The normalized spacial score (nSPS) is 12.7. The van der Waals surface area contributed by atoms with Gasteiger partial charge in [-0.1, -0.05) is 44.2 Å². The molecule has 4 nitrogen and oxygen atoms in total. The number of rotatable bonds is 8. The molecule has 0 unspecified atom stereocenters. The van der Waals surface area contributed by atoms with Crippen molar-refractivity contribution in [2.75, 3.05) is 0 Å². The van der Waals surface area contributed by atoms with Crippen molar-refractivity contribution < 1.29 is 14.7 Å². The van der Waals surface area contributed by atoms with Gasteiger partial charge in [-0.25, -0.2) is 4.79 Å². The van der Waals surface area contributed by atoms with Crippen molar-refractivity contribution in [2.24, 2.45) is 0 Å². The number of carboxylic acids is 1. The molecule has 0 aliphatic heterocycles. The Balaban J connectivity index is 2.47. The van der Waals surface area contributed by atoms with Crippen molar-refractivity contribution in [3.63, 3.8) is 0 Å². The molecule has 1 aromatic rings. The van der Waals surface area contributed by atoms with Gasteiger partial charge in [0.05, 0.1) is 0 Å². The van der Waals surface area contributed by atoms with Crippen molar-refractivity contribution in [1.29, 1.82) is 0 Å². The monoisotopic (exact) mass is 309 g/mol. The summed E-state index contributed by atoms with van der Waals surface area (Å²) in [7, 11) is 0. The Labute approximate surface area is 130 Å². The van der Waals surface area contributed by atoms with Crippen LogP contribution in [-0.2, 0) is 15.3 Å². The third kappa shape index (κ3) is 7.18. The van der Waals surface area contributed by atoms with Crippen LogP contribution in [0.25, 0.3) is 0 Å². The van der Waals surface area contributed by atoms with E-state index in [4.69, 9.17) is 5.11 Å². The zero-order valence-electron chi connectivity index (χ0n) is 12.8. The smallest absolute Gasteiger partial charge is 0.326 e. The maximum atomic E-state index is 11.1. The summed E-state index contributed by atoms with van der Waals surface area (Å²) in [6, 6.07) is 9.38. The van der Waals surface area contributed by atoms with Crippen molar-refractivity contribution in [2.45, 2.75) is 50.2 Å². The standard InChI is InChI=1S/C16H23NO3S/c1-12(18)17-14(15(19)20)9-10-16(2,3)21-11-13-7-5-4-6-8-13/h4-8,14H,9-11H2,1-3H3,(H,17,18)(H,19,20)/t14-/m0/s1. The number of benzene rings is 1. The minimum Gasteiger partial charge on any atom is -0.480 e. The lowest BCUT2D eigenvalue weighted by atomic mass is 10.0. The number of carboxylic acid groups (broad SMARTS) is 1. The summed E-state index contributed by atoms with van der Waals surface area (Å²) in [5, 5.41) is 11.6. The Morgan fingerprint density at radius 2 is 1.90 bits per heavy atom. The number of hydrogen-bond donors (Lipinski definition) is 2. The lowest BCUT2D eigenvalue weighted by Gasteiger charge is -2.26. The van der Waals surface area contributed by atoms with Gasteiger partial charge in [-0.2, -0.15) is 11.8 Å². The third-order valence-electron chi connectivity index (χ3n) is 3.18. The van der Waals surface area contributed by atoms with Gasteiger partial charge in [0.15, 0.2) is 0 Å². The summed E-state index contributed by atoms with van der Waals surface area (Å²) in [6.45, 7) is 5.55. The van der Waals surface area contributed by atoms with Crippen LogP contribution in [0.3, 0.4) is 0 Å². The largest absolute Gasteiger partial charge is 0.480 e. The van der Waals surface area contributed by atoms with Crippen LogP contribution in [-0.4, -0.2) is 27.8 Å². The van der Waals surface area contributed by atoms with E-state index in [2.05, 4.69) is 31.3 Å². The second kappa shape index (κ2) is 8.08. The Morgan fingerprint density at radius 3 is 2.43 bits per heavy atom. The van der Waals surface area contributed by atoms with Gasteiger partial charge in [0.2, 0.25) is 5.91 Å². The van der Waals surface area contributed by atoms with Crippen molar-refractivity contribution in [3.05, 3.63) is 35.9 Å². The molecule has 0 fully saturated rings. The molecule has 1 atom stereocenters. The van der Waals surface area contributed by atoms with Crippen LogP contribution in [0.5, 0.6) is 0 Å². The second-order valence-corrected chi connectivity index (χ2v) is 7.35. The minimum absolute atomic E-state index is 0.0397. The molecule has 0 aliphatic carbocycles. The molecule has 1 amide bonds. The lowest BCUT2D eigenvalue weighted by Crippen LogP contribution is -2.40. The molecule has 0 aliphatic rings. The molecule has 116 valence electrons. The van der Waals surface area contributed by atoms with Crippen LogP contribution < -0.4 is 5.32 Å². The molecule has 5 heteroatoms. The fraction of sp³-hybridized carbons (Fsp3) is 0.500. The van der Waals surface area contributed by atoms with Crippen molar-refractivity contribution in [3.8, 4) is 0 Å². The van der Waals surface area contributed by atoms with E-state index in [0.717, 1.165) is 12.2 Å². The van der Waals surface area contributed by atoms with Crippen LogP contribution in [0.1, 0.15) is 39.2 Å². The molecule has 0 saturated heterocycles. The van der Waals surface area contributed by atoms with Gasteiger partial charge in [-0.05, 0) is 18.4 Å². The van der Waals surface area contributed by atoms with E-state index in [1.165, 1.54) is 12.5 Å². The molecule has 2 N–H and O–H groups in total. The van der Waals surface area contributed by atoms with E-state index >= 15 is 0 Å². The second-order valence-electron chi connectivity index (χ2n) is 5.66. The van der Waals surface area contributed by atoms with Crippen LogP contribution in [0, 0.1) is 0 Å². The first-order valence-corrected chi connectivity index (χ1v) is 7.96. The molecule has 0 radical (unpaired) electrons. The van der Waals surface area contributed by atoms with Gasteiger partial charge in [0.1, 0.15) is 6.04 Å². The highest BCUT2D eigenvalue weighted by atomic mass is 32.2. The molecule has 0 spiro atoms. The summed E-state index contributed by atoms with van der Waals surface area (Å²) in [5.41, 5.74) is 1.26. The predicted octanol–water partition coefficient (Wildman–Crippen LogP) is 3.07. The highest BCUT2D eigenvalue weighted by Crippen LogP contribution is 2.32. The number of nitrogens with one attached hydrogen (secondary N) is 1. The van der Waals surface area contributed by atoms with E-state index in [0.29, 0.717) is 6.42 Å². The highest BCUT2D eigenvalue weighted by Gasteiger charge is 2.24. The number of thioether (sulfide) groups is 1. The number of carbonyl (C=O) groups excluding carboxylic acids is 1. The maximum Gasteiger partial charge on any atom is 0.326 e. The first-order valence-electron chi connectivity index (χ1n) is 6.98. The van der Waals surface area contributed by atoms with E-state index in [9.17, 15) is 9.59 Å². The topological polar surface area (TPSA) is 66.4 Å². The fourth-order valence-corrected chi connectivity index (χ4v) is 2.93. The zero-order valence-corrected chi connectivity index (χ0v) is 13.6. The number of aliphatic carboxylic acids is 1. The molecule has 1 rings (SSSR count). The van der Waals surface area contributed by atoms with Gasteiger partial charge in [-0.15, -0.1) is 0 Å². The summed E-state index contributed by atoms with van der Waals surface area (Å²) >= 11 is 1.80. The molecule has 1 aromatic carbocycles. The van der Waals surface area contributed by atoms with Crippen LogP contribution in [0.2, 0.25) is 0 Å². The highest BCUT2D eigenvalue weighted by molar-refractivity contribution is 7.99. The van der Waals surface area contributed by atoms with E-state index in [-0.39, 0.29) is 10.7 Å². The summed E-state index contributed by atoms with van der Waals surface area (Å²) in [4.78, 5) is 22.1. The van der Waals surface area contributed by atoms with Crippen molar-refractivity contribution in [1.82, 2.24) is 5.32 Å². The maximum absolute atomic E-state index is 11.1. The Kier molecular flexibility index (Phi) is 6.75. The third-order valence-corrected chi connectivity index (χ3v) is 4.65. The molecule has 0 saturated carbocycles. The molecular formula is C16H23NO3S. The first kappa shape index (κ1) is 17.6. The fourth-order valence-electron chi connectivity index (χ4n) is 1.92. The van der Waals surface area contributed by atoms with Gasteiger partial charge >= 0.3 is 5.97 Å². The Hall–Kier alpha value is -1.49. The first-order chi connectivity index (χ1) is 9.80. The van der Waals surface area contributed by atoms with Gasteiger partial charge in [0.25, 0.3) is 0 Å². The SMILES string of the molecule is CC(=O)N[C@@H](CCC(C)(C)SCc1ccccc1)C(=O)O. The molecule has 21 heavy (non-hydrogen) atoms. The van der Waals surface area contributed by atoms with E-state index in [1.54, 1.807) is 11.8 Å². The van der Waals surface area contributed by atoms with Crippen LogP contribution in [0.4, 0.5) is 0 Å². The number of carbonyl (C=O) groups is 2. The van der Waals surface area contributed by atoms with Crippen LogP contribution >= 0.6 is 11.8 Å². The van der Waals surface area contributed by atoms with Gasteiger partial charge < -0.3 is 10.4 Å². The minimum atomic E-state index is -0.978. The summed E-state index contributed by atoms with van der Waals surface area (Å²) in [6.07, 6.45) is 1.16. The average molecular weight is 309 g/mol. The van der Waals surface area contributed by atoms with Crippen molar-refractivity contribution >= 4 is 23.6 Å². The lowest BCUT2D eigenvalue weighted by molar-refractivity contribution is -0.141. The average Bonchev–Trinajstić information content (AvgIpc) is 2.42. The Morgan fingerprint density at radius 1 is 1.29 bits per heavy atom. The summed E-state index contributed by atoms with van der Waals surface area (Å²) in [5.74, 6) is -0.391. The molecule has 0 heterocycles. The number of amides is 1. The van der Waals surface area contributed by atoms with Crippen LogP contribution in [0.15, 0.2) is 30.3 Å². The van der Waals surface area contributed by atoms with Gasteiger partial charge in [-0.3, -0.25) is 4.79 Å². The van der Waals surface area contributed by atoms with E-state index < -0.39 is 12.0 Å².